The molecule has 1 aromatic rings. The van der Waals surface area contributed by atoms with Crippen molar-refractivity contribution in [2.75, 3.05) is 5.88 Å². The fraction of sp³-hybridized carbons (Fsp3) is 0.571. The lowest BCUT2D eigenvalue weighted by molar-refractivity contribution is -0.274. The van der Waals surface area contributed by atoms with E-state index in [4.69, 9.17) is 11.6 Å². The van der Waals surface area contributed by atoms with Crippen molar-refractivity contribution in [2.24, 2.45) is 5.92 Å². The van der Waals surface area contributed by atoms with Crippen LogP contribution in [0.5, 0.6) is 5.75 Å². The summed E-state index contributed by atoms with van der Waals surface area (Å²) >= 11 is 5.74. The van der Waals surface area contributed by atoms with Crippen molar-refractivity contribution in [2.45, 2.75) is 39.2 Å². The van der Waals surface area contributed by atoms with Gasteiger partial charge in [-0.2, -0.15) is 0 Å². The fourth-order valence-corrected chi connectivity index (χ4v) is 2.08. The van der Waals surface area contributed by atoms with Gasteiger partial charge in [0, 0.05) is 18.5 Å². The minimum atomic E-state index is -4.65. The third-order valence-corrected chi connectivity index (χ3v) is 3.17. The quantitative estimate of drug-likeness (QED) is 0.757. The first-order chi connectivity index (χ1) is 9.31. The zero-order valence-electron chi connectivity index (χ0n) is 11.5. The normalized spacial score (nSPS) is 13.6. The Morgan fingerprint density at radius 2 is 1.80 bits per heavy atom. The molecule has 0 aliphatic carbocycles. The summed E-state index contributed by atoms with van der Waals surface area (Å²) in [5, 5.41) is 3.36. The molecule has 0 aliphatic rings. The standard InChI is InChI=1S/C14H19ClF3NO/c1-10(2)13(7-8-15)19-9-11-3-5-12(6-4-11)20-14(16,17)18/h3-6,10,13,19H,7-9H2,1-2H3. The Balaban J connectivity index is 2.52. The van der Waals surface area contributed by atoms with Gasteiger partial charge in [0.2, 0.25) is 0 Å². The molecule has 0 saturated carbocycles. The summed E-state index contributed by atoms with van der Waals surface area (Å²) in [6.07, 6.45) is -3.79. The van der Waals surface area contributed by atoms with E-state index in [1.807, 2.05) is 0 Å². The van der Waals surface area contributed by atoms with Crippen LogP contribution in [0.4, 0.5) is 13.2 Å². The van der Waals surface area contributed by atoms with E-state index in [0.717, 1.165) is 12.0 Å². The van der Waals surface area contributed by atoms with Crippen molar-refractivity contribution in [3.05, 3.63) is 29.8 Å². The second-order valence-corrected chi connectivity index (χ2v) is 5.28. The number of halogens is 4. The number of rotatable bonds is 7. The predicted octanol–water partition coefficient (Wildman–Crippen LogP) is 4.33. The third-order valence-electron chi connectivity index (χ3n) is 2.95. The molecule has 0 amide bonds. The molecule has 1 unspecified atom stereocenters. The molecule has 0 saturated heterocycles. The molecule has 1 aromatic carbocycles. The van der Waals surface area contributed by atoms with Gasteiger partial charge in [0.15, 0.2) is 0 Å². The van der Waals surface area contributed by atoms with Crippen LogP contribution in [0.25, 0.3) is 0 Å². The largest absolute Gasteiger partial charge is 0.573 e. The second kappa shape index (κ2) is 7.74. The first kappa shape index (κ1) is 17.1. The van der Waals surface area contributed by atoms with Crippen molar-refractivity contribution in [1.82, 2.24) is 5.32 Å². The van der Waals surface area contributed by atoms with Crippen LogP contribution in [0.1, 0.15) is 25.8 Å². The Kier molecular flexibility index (Phi) is 6.62. The summed E-state index contributed by atoms with van der Waals surface area (Å²) in [5.41, 5.74) is 0.903. The van der Waals surface area contributed by atoms with Gasteiger partial charge in [0.25, 0.3) is 0 Å². The fourth-order valence-electron chi connectivity index (χ4n) is 1.85. The zero-order valence-corrected chi connectivity index (χ0v) is 12.3. The smallest absolute Gasteiger partial charge is 0.406 e. The SMILES string of the molecule is CC(C)C(CCCl)NCc1ccc(OC(F)(F)F)cc1. The van der Waals surface area contributed by atoms with E-state index >= 15 is 0 Å². The van der Waals surface area contributed by atoms with Crippen LogP contribution in [0.2, 0.25) is 0 Å². The van der Waals surface area contributed by atoms with E-state index in [-0.39, 0.29) is 5.75 Å². The molecule has 0 fully saturated rings. The Morgan fingerprint density at radius 1 is 1.20 bits per heavy atom. The van der Waals surface area contributed by atoms with Gasteiger partial charge in [-0.3, -0.25) is 0 Å². The number of alkyl halides is 4. The Hall–Kier alpha value is -0.940. The number of hydrogen-bond donors (Lipinski definition) is 1. The number of nitrogens with one attached hydrogen (secondary N) is 1. The van der Waals surface area contributed by atoms with Gasteiger partial charge in [-0.15, -0.1) is 24.8 Å². The van der Waals surface area contributed by atoms with E-state index in [0.29, 0.717) is 24.4 Å². The van der Waals surface area contributed by atoms with E-state index in [9.17, 15) is 13.2 Å². The number of hydrogen-bond acceptors (Lipinski definition) is 2. The molecule has 0 spiro atoms. The van der Waals surface area contributed by atoms with Crippen molar-refractivity contribution in [3.63, 3.8) is 0 Å². The molecule has 6 heteroatoms. The zero-order chi connectivity index (χ0) is 15.2. The lowest BCUT2D eigenvalue weighted by Crippen LogP contribution is -2.33. The Morgan fingerprint density at radius 3 is 2.25 bits per heavy atom. The molecule has 0 aromatic heterocycles. The van der Waals surface area contributed by atoms with Crippen LogP contribution < -0.4 is 10.1 Å². The van der Waals surface area contributed by atoms with Crippen molar-refractivity contribution >= 4 is 11.6 Å². The van der Waals surface area contributed by atoms with Gasteiger partial charge in [-0.1, -0.05) is 26.0 Å². The first-order valence-corrected chi connectivity index (χ1v) is 6.99. The molecule has 0 heterocycles. The lowest BCUT2D eigenvalue weighted by atomic mass is 10.0. The average Bonchev–Trinajstić information content (AvgIpc) is 2.34. The van der Waals surface area contributed by atoms with Gasteiger partial charge >= 0.3 is 6.36 Å². The van der Waals surface area contributed by atoms with Crippen LogP contribution in [0.15, 0.2) is 24.3 Å². The maximum absolute atomic E-state index is 12.0. The maximum Gasteiger partial charge on any atom is 0.573 e. The minimum absolute atomic E-state index is 0.206. The van der Waals surface area contributed by atoms with Gasteiger partial charge in [-0.25, -0.2) is 0 Å². The van der Waals surface area contributed by atoms with Gasteiger partial charge in [0.05, 0.1) is 0 Å². The number of benzene rings is 1. The highest BCUT2D eigenvalue weighted by Gasteiger charge is 2.30. The molecule has 1 atom stereocenters. The summed E-state index contributed by atoms with van der Waals surface area (Å²) < 4.78 is 39.9. The molecule has 2 nitrogen and oxygen atoms in total. The summed E-state index contributed by atoms with van der Waals surface area (Å²) in [5.74, 6) is 0.817. The summed E-state index contributed by atoms with van der Waals surface area (Å²) in [4.78, 5) is 0. The summed E-state index contributed by atoms with van der Waals surface area (Å²) in [7, 11) is 0. The third kappa shape index (κ3) is 6.48. The maximum atomic E-state index is 12.0. The van der Waals surface area contributed by atoms with Crippen LogP contribution in [0, 0.1) is 5.92 Å². The highest BCUT2D eigenvalue weighted by atomic mass is 35.5. The number of ether oxygens (including phenoxy) is 1. The molecule has 1 rings (SSSR count). The van der Waals surface area contributed by atoms with Crippen molar-refractivity contribution < 1.29 is 17.9 Å². The van der Waals surface area contributed by atoms with Gasteiger partial charge in [0.1, 0.15) is 5.75 Å². The Bertz CT molecular complexity index is 392. The molecular formula is C14H19ClF3NO. The topological polar surface area (TPSA) is 21.3 Å². The predicted molar refractivity (Wildman–Crippen MR) is 73.9 cm³/mol. The molecule has 1 N–H and O–H groups in total. The van der Waals surface area contributed by atoms with Gasteiger partial charge in [-0.05, 0) is 30.0 Å². The van der Waals surface area contributed by atoms with Crippen LogP contribution in [-0.2, 0) is 6.54 Å². The van der Waals surface area contributed by atoms with Gasteiger partial charge < -0.3 is 10.1 Å². The lowest BCUT2D eigenvalue weighted by Gasteiger charge is -2.21. The highest BCUT2D eigenvalue weighted by Crippen LogP contribution is 2.22. The second-order valence-electron chi connectivity index (χ2n) is 4.90. The van der Waals surface area contributed by atoms with Crippen molar-refractivity contribution in [1.29, 1.82) is 0 Å². The molecule has 0 bridgehead atoms. The molecule has 0 radical (unpaired) electrons. The molecule has 20 heavy (non-hydrogen) atoms. The monoisotopic (exact) mass is 309 g/mol. The van der Waals surface area contributed by atoms with Crippen molar-refractivity contribution in [3.8, 4) is 5.75 Å². The van der Waals surface area contributed by atoms with E-state index < -0.39 is 6.36 Å². The highest BCUT2D eigenvalue weighted by molar-refractivity contribution is 6.17. The first-order valence-electron chi connectivity index (χ1n) is 6.46. The average molecular weight is 310 g/mol. The van der Waals surface area contributed by atoms with E-state index in [2.05, 4.69) is 23.9 Å². The van der Waals surface area contributed by atoms with E-state index in [1.54, 1.807) is 12.1 Å². The molecular weight excluding hydrogens is 291 g/mol. The van der Waals surface area contributed by atoms with Crippen LogP contribution in [0.3, 0.4) is 0 Å². The Labute approximate surface area is 122 Å². The summed E-state index contributed by atoms with van der Waals surface area (Å²) in [6, 6.07) is 6.16. The molecule has 114 valence electrons. The molecule has 0 aliphatic heterocycles. The van der Waals surface area contributed by atoms with Crippen LogP contribution >= 0.6 is 11.6 Å². The van der Waals surface area contributed by atoms with Crippen LogP contribution in [-0.4, -0.2) is 18.3 Å². The van der Waals surface area contributed by atoms with E-state index in [1.165, 1.54) is 12.1 Å². The minimum Gasteiger partial charge on any atom is -0.406 e. The summed E-state index contributed by atoms with van der Waals surface area (Å²) in [6.45, 7) is 4.79.